The smallest absolute Gasteiger partial charge is 0.276 e. The summed E-state index contributed by atoms with van der Waals surface area (Å²) in [5.41, 5.74) is 10.0. The second-order valence-electron chi connectivity index (χ2n) is 7.87. The van der Waals surface area contributed by atoms with Gasteiger partial charge in [0.1, 0.15) is 5.69 Å². The minimum absolute atomic E-state index is 0.221. The van der Waals surface area contributed by atoms with E-state index in [4.69, 9.17) is 15.5 Å². The van der Waals surface area contributed by atoms with E-state index in [0.717, 1.165) is 49.6 Å². The number of aromatic nitrogens is 4. The number of anilines is 1. The lowest BCUT2D eigenvalue weighted by molar-refractivity contribution is 0.0343. The molecule has 0 spiro atoms. The molecular formula is C23H31N7O2. The van der Waals surface area contributed by atoms with E-state index in [9.17, 15) is 4.79 Å². The molecular weight excluding hydrogens is 406 g/mol. The molecule has 0 saturated carbocycles. The van der Waals surface area contributed by atoms with E-state index in [-0.39, 0.29) is 5.91 Å². The molecule has 4 rings (SSSR count). The van der Waals surface area contributed by atoms with E-state index in [1.165, 1.54) is 5.56 Å². The fraction of sp³-hybridized carbons (Fsp3) is 0.435. The Hall–Kier alpha value is -3.01. The molecule has 9 nitrogen and oxygen atoms in total. The fourth-order valence-electron chi connectivity index (χ4n) is 4.07. The quantitative estimate of drug-likeness (QED) is 0.524. The molecule has 1 aromatic carbocycles. The molecule has 0 radical (unpaired) electrons. The predicted molar refractivity (Wildman–Crippen MR) is 125 cm³/mol. The first-order valence-corrected chi connectivity index (χ1v) is 11.1. The molecule has 32 heavy (non-hydrogen) atoms. The fourth-order valence-corrected chi connectivity index (χ4v) is 4.07. The Morgan fingerprint density at radius 1 is 1.28 bits per heavy atom. The third kappa shape index (κ3) is 4.74. The van der Waals surface area contributed by atoms with Gasteiger partial charge in [-0.25, -0.2) is 4.98 Å². The SMILES string of the molecule is CCn1nc(C)cc1C(=O)Nc1nc2cccc(CN3CCOCC3)c2n1CC=CCN. The van der Waals surface area contributed by atoms with Crippen LogP contribution in [-0.2, 0) is 24.4 Å². The molecule has 9 heteroatoms. The van der Waals surface area contributed by atoms with Gasteiger partial charge in [0.05, 0.1) is 29.9 Å². The van der Waals surface area contributed by atoms with Crippen molar-refractivity contribution < 1.29 is 9.53 Å². The maximum Gasteiger partial charge on any atom is 0.276 e. The Balaban J connectivity index is 1.70. The number of hydrogen-bond donors (Lipinski definition) is 2. The highest BCUT2D eigenvalue weighted by atomic mass is 16.5. The molecule has 3 aromatic rings. The number of para-hydroxylation sites is 1. The molecule has 1 aliphatic heterocycles. The highest BCUT2D eigenvalue weighted by Gasteiger charge is 2.20. The van der Waals surface area contributed by atoms with Crippen molar-refractivity contribution >= 4 is 22.9 Å². The van der Waals surface area contributed by atoms with Gasteiger partial charge in [0.2, 0.25) is 5.95 Å². The number of imidazole rings is 1. The number of rotatable bonds is 8. The zero-order chi connectivity index (χ0) is 22.5. The summed E-state index contributed by atoms with van der Waals surface area (Å²) in [4.78, 5) is 20.2. The van der Waals surface area contributed by atoms with Crippen molar-refractivity contribution in [3.63, 3.8) is 0 Å². The minimum atomic E-state index is -0.221. The molecule has 3 heterocycles. The average Bonchev–Trinajstić information content (AvgIpc) is 3.35. The number of fused-ring (bicyclic) bond motifs is 1. The number of amides is 1. The number of morpholine rings is 1. The number of ether oxygens (including phenoxy) is 1. The van der Waals surface area contributed by atoms with Crippen LogP contribution < -0.4 is 11.1 Å². The van der Waals surface area contributed by atoms with Gasteiger partial charge >= 0.3 is 0 Å². The number of benzene rings is 1. The monoisotopic (exact) mass is 437 g/mol. The number of nitrogens with one attached hydrogen (secondary N) is 1. The van der Waals surface area contributed by atoms with Gasteiger partial charge in [-0.1, -0.05) is 24.3 Å². The number of carbonyl (C=O) groups is 1. The van der Waals surface area contributed by atoms with Crippen LogP contribution in [0.25, 0.3) is 11.0 Å². The summed E-state index contributed by atoms with van der Waals surface area (Å²) < 4.78 is 9.24. The number of allylic oxidation sites excluding steroid dienone is 1. The summed E-state index contributed by atoms with van der Waals surface area (Å²) in [5.74, 6) is 0.296. The summed E-state index contributed by atoms with van der Waals surface area (Å²) in [6, 6.07) is 7.93. The van der Waals surface area contributed by atoms with Crippen molar-refractivity contribution in [1.29, 1.82) is 0 Å². The van der Waals surface area contributed by atoms with Gasteiger partial charge in [0, 0.05) is 39.3 Å². The molecule has 170 valence electrons. The van der Waals surface area contributed by atoms with Crippen LogP contribution in [0.5, 0.6) is 0 Å². The maximum atomic E-state index is 13.1. The molecule has 1 fully saturated rings. The van der Waals surface area contributed by atoms with E-state index in [0.29, 0.717) is 31.3 Å². The van der Waals surface area contributed by atoms with Gasteiger partial charge in [0.15, 0.2) is 0 Å². The van der Waals surface area contributed by atoms with Crippen LogP contribution in [0.1, 0.15) is 28.7 Å². The van der Waals surface area contributed by atoms with Crippen molar-refractivity contribution in [3.8, 4) is 0 Å². The first-order chi connectivity index (χ1) is 15.6. The van der Waals surface area contributed by atoms with Crippen LogP contribution in [0.2, 0.25) is 0 Å². The second kappa shape index (κ2) is 10.1. The summed E-state index contributed by atoms with van der Waals surface area (Å²) in [7, 11) is 0. The topological polar surface area (TPSA) is 103 Å². The van der Waals surface area contributed by atoms with Crippen molar-refractivity contribution in [3.05, 3.63) is 53.4 Å². The van der Waals surface area contributed by atoms with Crippen LogP contribution in [0, 0.1) is 6.92 Å². The number of hydrogen-bond acceptors (Lipinski definition) is 6. The number of nitrogens with zero attached hydrogens (tertiary/aromatic N) is 5. The zero-order valence-electron chi connectivity index (χ0n) is 18.8. The third-order valence-electron chi connectivity index (χ3n) is 5.60. The van der Waals surface area contributed by atoms with Crippen molar-refractivity contribution in [1.82, 2.24) is 24.2 Å². The summed E-state index contributed by atoms with van der Waals surface area (Å²) >= 11 is 0. The van der Waals surface area contributed by atoms with Crippen LogP contribution >= 0.6 is 0 Å². The Kier molecular flexibility index (Phi) is 6.99. The van der Waals surface area contributed by atoms with Crippen LogP contribution in [0.4, 0.5) is 5.95 Å². The molecule has 1 aliphatic rings. The van der Waals surface area contributed by atoms with Crippen LogP contribution in [-0.4, -0.2) is 63.0 Å². The van der Waals surface area contributed by atoms with Crippen molar-refractivity contribution in [2.24, 2.45) is 5.73 Å². The van der Waals surface area contributed by atoms with E-state index in [1.807, 2.05) is 38.1 Å². The van der Waals surface area contributed by atoms with E-state index in [2.05, 4.69) is 25.9 Å². The highest BCUT2D eigenvalue weighted by Crippen LogP contribution is 2.25. The number of carbonyl (C=O) groups excluding carboxylic acids is 1. The lowest BCUT2D eigenvalue weighted by Crippen LogP contribution is -2.35. The van der Waals surface area contributed by atoms with Crippen molar-refractivity contribution in [2.75, 3.05) is 38.2 Å². The minimum Gasteiger partial charge on any atom is -0.379 e. The number of aryl methyl sites for hydroxylation is 2. The Morgan fingerprint density at radius 3 is 2.84 bits per heavy atom. The molecule has 0 unspecified atom stereocenters. The van der Waals surface area contributed by atoms with Crippen LogP contribution in [0.3, 0.4) is 0 Å². The third-order valence-corrected chi connectivity index (χ3v) is 5.60. The predicted octanol–water partition coefficient (Wildman–Crippen LogP) is 2.16. The molecule has 1 saturated heterocycles. The van der Waals surface area contributed by atoms with E-state index >= 15 is 0 Å². The summed E-state index contributed by atoms with van der Waals surface area (Å²) in [5, 5.41) is 7.40. The van der Waals surface area contributed by atoms with Crippen LogP contribution in [0.15, 0.2) is 36.4 Å². The maximum absolute atomic E-state index is 13.1. The second-order valence-corrected chi connectivity index (χ2v) is 7.87. The first-order valence-electron chi connectivity index (χ1n) is 11.1. The van der Waals surface area contributed by atoms with Gasteiger partial charge in [0.25, 0.3) is 5.91 Å². The van der Waals surface area contributed by atoms with Gasteiger partial charge in [-0.2, -0.15) is 5.10 Å². The Morgan fingerprint density at radius 2 is 2.09 bits per heavy atom. The van der Waals surface area contributed by atoms with Gasteiger partial charge in [-0.05, 0) is 31.5 Å². The van der Waals surface area contributed by atoms with Crippen molar-refractivity contribution in [2.45, 2.75) is 33.5 Å². The Bertz CT molecular complexity index is 1110. The molecule has 0 atom stereocenters. The molecule has 0 aliphatic carbocycles. The standard InChI is InChI=1S/C23H31N7O2/c1-3-30-20(15-17(2)27-30)22(31)26-23-25-19-8-6-7-18(16-28-11-13-32-14-12-28)21(19)29(23)10-5-4-9-24/h4-8,15H,3,9-14,16,24H2,1-2H3,(H,25,26,31). The van der Waals surface area contributed by atoms with E-state index < -0.39 is 0 Å². The summed E-state index contributed by atoms with van der Waals surface area (Å²) in [6.45, 7) is 9.61. The molecule has 2 aromatic heterocycles. The summed E-state index contributed by atoms with van der Waals surface area (Å²) in [6.07, 6.45) is 3.92. The molecule has 1 amide bonds. The first kappa shape index (κ1) is 22.2. The largest absolute Gasteiger partial charge is 0.379 e. The molecule has 0 bridgehead atoms. The lowest BCUT2D eigenvalue weighted by Gasteiger charge is -2.27. The Labute approximate surface area is 187 Å². The average molecular weight is 438 g/mol. The zero-order valence-corrected chi connectivity index (χ0v) is 18.8. The number of nitrogens with two attached hydrogens (primary N) is 1. The lowest BCUT2D eigenvalue weighted by atomic mass is 10.1. The van der Waals surface area contributed by atoms with Gasteiger partial charge in [-0.3, -0.25) is 19.7 Å². The molecule has 3 N–H and O–H groups in total. The van der Waals surface area contributed by atoms with Gasteiger partial charge in [-0.15, -0.1) is 0 Å². The van der Waals surface area contributed by atoms with Gasteiger partial charge < -0.3 is 15.0 Å². The normalized spacial score (nSPS) is 15.1. The van der Waals surface area contributed by atoms with E-state index in [1.54, 1.807) is 10.7 Å². The highest BCUT2D eigenvalue weighted by molar-refractivity contribution is 6.03.